The van der Waals surface area contributed by atoms with Gasteiger partial charge in [-0.2, -0.15) is 0 Å². The summed E-state index contributed by atoms with van der Waals surface area (Å²) in [6.45, 7) is 4.17. The third-order valence-corrected chi connectivity index (χ3v) is 3.62. The van der Waals surface area contributed by atoms with Crippen LogP contribution in [0.2, 0.25) is 0 Å². The molecule has 0 spiro atoms. The standard InChI is InChI=1S/C11H14N2O3S2/c1-7(2)6-18-11(17)12-8-3-4-10(14)9(5-8)13(15)16/h3-5,7,14H,6H2,1-2H3,(H,12,17). The number of hydrogen-bond acceptors (Lipinski definition) is 5. The predicted octanol–water partition coefficient (Wildman–Crippen LogP) is 3.39. The zero-order chi connectivity index (χ0) is 13.7. The van der Waals surface area contributed by atoms with Crippen molar-refractivity contribution in [3.05, 3.63) is 28.3 Å². The van der Waals surface area contributed by atoms with E-state index < -0.39 is 4.92 Å². The Labute approximate surface area is 115 Å². The summed E-state index contributed by atoms with van der Waals surface area (Å²) < 4.78 is 0.559. The van der Waals surface area contributed by atoms with Crippen molar-refractivity contribution in [2.24, 2.45) is 5.92 Å². The van der Waals surface area contributed by atoms with E-state index in [0.29, 0.717) is 15.9 Å². The first kappa shape index (κ1) is 14.7. The van der Waals surface area contributed by atoms with E-state index in [9.17, 15) is 15.2 Å². The topological polar surface area (TPSA) is 75.4 Å². The first-order chi connectivity index (χ1) is 8.40. The average molecular weight is 286 g/mol. The Bertz CT molecular complexity index is 464. The van der Waals surface area contributed by atoms with Crippen LogP contribution in [0, 0.1) is 16.0 Å². The zero-order valence-corrected chi connectivity index (χ0v) is 11.7. The van der Waals surface area contributed by atoms with Crippen LogP contribution in [-0.4, -0.2) is 20.1 Å². The highest BCUT2D eigenvalue weighted by Crippen LogP contribution is 2.29. The third-order valence-electron chi connectivity index (χ3n) is 1.97. The monoisotopic (exact) mass is 286 g/mol. The van der Waals surface area contributed by atoms with Gasteiger partial charge < -0.3 is 10.4 Å². The van der Waals surface area contributed by atoms with Gasteiger partial charge >= 0.3 is 5.69 Å². The number of hydrogen-bond donors (Lipinski definition) is 2. The van der Waals surface area contributed by atoms with E-state index in [1.165, 1.54) is 23.9 Å². The third kappa shape index (κ3) is 4.50. The molecular formula is C11H14N2O3S2. The van der Waals surface area contributed by atoms with Crippen LogP contribution in [0.5, 0.6) is 5.75 Å². The number of phenolic OH excluding ortho intramolecular Hbond substituents is 1. The summed E-state index contributed by atoms with van der Waals surface area (Å²) in [7, 11) is 0. The zero-order valence-electron chi connectivity index (χ0n) is 10.0. The van der Waals surface area contributed by atoms with Crippen molar-refractivity contribution in [1.82, 2.24) is 0 Å². The van der Waals surface area contributed by atoms with Crippen molar-refractivity contribution >= 4 is 39.7 Å². The molecule has 0 fully saturated rings. The molecule has 1 aromatic rings. The van der Waals surface area contributed by atoms with Crippen molar-refractivity contribution in [2.45, 2.75) is 13.8 Å². The second kappa shape index (κ2) is 6.55. The van der Waals surface area contributed by atoms with E-state index in [2.05, 4.69) is 19.2 Å². The van der Waals surface area contributed by atoms with Gasteiger partial charge in [0, 0.05) is 17.5 Å². The molecule has 0 atom stereocenters. The van der Waals surface area contributed by atoms with E-state index in [4.69, 9.17) is 12.2 Å². The van der Waals surface area contributed by atoms with Crippen LogP contribution in [-0.2, 0) is 0 Å². The number of thiocarbonyl (C=S) groups is 1. The van der Waals surface area contributed by atoms with Crippen molar-refractivity contribution in [3.63, 3.8) is 0 Å². The van der Waals surface area contributed by atoms with Gasteiger partial charge in [-0.3, -0.25) is 10.1 Å². The maximum atomic E-state index is 10.7. The summed E-state index contributed by atoms with van der Waals surface area (Å²) >= 11 is 6.60. The van der Waals surface area contributed by atoms with Crippen molar-refractivity contribution in [3.8, 4) is 5.75 Å². The van der Waals surface area contributed by atoms with Crippen molar-refractivity contribution in [1.29, 1.82) is 0 Å². The molecule has 1 rings (SSSR count). The molecule has 18 heavy (non-hydrogen) atoms. The Balaban J connectivity index is 2.70. The summed E-state index contributed by atoms with van der Waals surface area (Å²) in [5, 5.41) is 22.9. The Morgan fingerprint density at radius 2 is 2.28 bits per heavy atom. The van der Waals surface area contributed by atoms with Gasteiger partial charge in [0.2, 0.25) is 0 Å². The number of nitrogens with one attached hydrogen (secondary N) is 1. The van der Waals surface area contributed by atoms with Crippen LogP contribution < -0.4 is 5.32 Å². The number of nitro groups is 1. The molecule has 5 nitrogen and oxygen atoms in total. The SMILES string of the molecule is CC(C)CSC(=S)Nc1ccc(O)c([N+](=O)[O-])c1. The van der Waals surface area contributed by atoms with Crippen molar-refractivity contribution < 1.29 is 10.0 Å². The highest BCUT2D eigenvalue weighted by Gasteiger charge is 2.14. The van der Waals surface area contributed by atoms with E-state index in [1.54, 1.807) is 6.07 Å². The fraction of sp³-hybridized carbons (Fsp3) is 0.364. The maximum absolute atomic E-state index is 10.7. The number of phenols is 1. The molecule has 0 amide bonds. The quantitative estimate of drug-likeness (QED) is 0.382. The van der Waals surface area contributed by atoms with Gasteiger partial charge in [-0.25, -0.2) is 0 Å². The Kier molecular flexibility index (Phi) is 5.36. The largest absolute Gasteiger partial charge is 0.502 e. The average Bonchev–Trinajstić information content (AvgIpc) is 2.28. The molecule has 0 aliphatic carbocycles. The van der Waals surface area contributed by atoms with Gasteiger partial charge in [-0.15, -0.1) is 0 Å². The smallest absolute Gasteiger partial charge is 0.312 e. The highest BCUT2D eigenvalue weighted by molar-refractivity contribution is 8.23. The molecule has 0 aliphatic rings. The van der Waals surface area contributed by atoms with Crippen LogP contribution in [0.15, 0.2) is 18.2 Å². The van der Waals surface area contributed by atoms with Crippen molar-refractivity contribution in [2.75, 3.05) is 11.1 Å². The van der Waals surface area contributed by atoms with E-state index in [-0.39, 0.29) is 11.4 Å². The molecule has 0 saturated carbocycles. The predicted molar refractivity (Wildman–Crippen MR) is 78.3 cm³/mol. The lowest BCUT2D eigenvalue weighted by Gasteiger charge is -2.09. The number of benzene rings is 1. The molecule has 0 aromatic heterocycles. The molecule has 0 aliphatic heterocycles. The minimum atomic E-state index is -0.634. The Morgan fingerprint density at radius 1 is 1.61 bits per heavy atom. The number of nitrogens with zero attached hydrogens (tertiary/aromatic N) is 1. The molecule has 0 bridgehead atoms. The normalized spacial score (nSPS) is 10.4. The molecule has 0 heterocycles. The molecule has 7 heteroatoms. The van der Waals surface area contributed by atoms with Crippen LogP contribution in [0.25, 0.3) is 0 Å². The number of thioether (sulfide) groups is 1. The van der Waals surface area contributed by atoms with Gasteiger partial charge in [0.1, 0.15) is 4.32 Å². The lowest BCUT2D eigenvalue weighted by atomic mass is 10.2. The number of aromatic hydroxyl groups is 1. The second-order valence-electron chi connectivity index (χ2n) is 4.08. The molecule has 0 unspecified atom stereocenters. The second-order valence-corrected chi connectivity index (χ2v) is 5.77. The minimum Gasteiger partial charge on any atom is -0.502 e. The lowest BCUT2D eigenvalue weighted by Crippen LogP contribution is -2.07. The first-order valence-electron chi connectivity index (χ1n) is 5.31. The van der Waals surface area contributed by atoms with E-state index >= 15 is 0 Å². The van der Waals surface area contributed by atoms with E-state index in [0.717, 1.165) is 5.75 Å². The number of nitro benzene ring substituents is 1. The number of rotatable bonds is 4. The molecule has 1 aromatic carbocycles. The van der Waals surface area contributed by atoms with Gasteiger partial charge in [-0.05, 0) is 18.1 Å². The molecular weight excluding hydrogens is 272 g/mol. The molecule has 2 N–H and O–H groups in total. The Morgan fingerprint density at radius 3 is 2.83 bits per heavy atom. The fourth-order valence-electron chi connectivity index (χ4n) is 1.14. The van der Waals surface area contributed by atoms with Gasteiger partial charge in [0.05, 0.1) is 4.92 Å². The lowest BCUT2D eigenvalue weighted by molar-refractivity contribution is -0.385. The summed E-state index contributed by atoms with van der Waals surface area (Å²) in [4.78, 5) is 10.0. The summed E-state index contributed by atoms with van der Waals surface area (Å²) in [5.41, 5.74) is 0.164. The fourth-order valence-corrected chi connectivity index (χ4v) is 2.14. The van der Waals surface area contributed by atoms with Gasteiger partial charge in [-0.1, -0.05) is 37.8 Å². The van der Waals surface area contributed by atoms with Crippen LogP contribution in [0.4, 0.5) is 11.4 Å². The summed E-state index contributed by atoms with van der Waals surface area (Å²) in [6.07, 6.45) is 0. The summed E-state index contributed by atoms with van der Waals surface area (Å²) in [6, 6.07) is 4.08. The van der Waals surface area contributed by atoms with Crippen LogP contribution in [0.1, 0.15) is 13.8 Å². The molecule has 0 radical (unpaired) electrons. The minimum absolute atomic E-state index is 0.336. The summed E-state index contributed by atoms with van der Waals surface area (Å²) in [5.74, 6) is 1.04. The number of anilines is 1. The van der Waals surface area contributed by atoms with Gasteiger partial charge in [0.15, 0.2) is 5.75 Å². The molecule has 0 saturated heterocycles. The maximum Gasteiger partial charge on any atom is 0.312 e. The first-order valence-corrected chi connectivity index (χ1v) is 6.70. The van der Waals surface area contributed by atoms with Gasteiger partial charge in [0.25, 0.3) is 0 Å². The van der Waals surface area contributed by atoms with Crippen LogP contribution in [0.3, 0.4) is 0 Å². The Hall–Kier alpha value is -1.34. The van der Waals surface area contributed by atoms with E-state index in [1.807, 2.05) is 0 Å². The van der Waals surface area contributed by atoms with Crippen LogP contribution >= 0.6 is 24.0 Å². The molecule has 98 valence electrons. The highest BCUT2D eigenvalue weighted by atomic mass is 32.2.